The predicted molar refractivity (Wildman–Crippen MR) is 93.6 cm³/mol. The molecule has 7 nitrogen and oxygen atoms in total. The SMILES string of the molecule is Cc1nn(Cn2ccc(-c3nc(-c4cccs4)no3)n2)c(C)c1Br. The first-order valence-electron chi connectivity index (χ1n) is 7.23. The Morgan fingerprint density at radius 2 is 2.12 bits per heavy atom. The van der Waals surface area contributed by atoms with E-state index in [-0.39, 0.29) is 0 Å². The average molecular weight is 405 g/mol. The van der Waals surface area contributed by atoms with Crippen molar-refractivity contribution >= 4 is 27.3 Å². The summed E-state index contributed by atoms with van der Waals surface area (Å²) in [4.78, 5) is 5.38. The summed E-state index contributed by atoms with van der Waals surface area (Å²) in [6.07, 6.45) is 1.87. The van der Waals surface area contributed by atoms with Crippen molar-refractivity contribution in [3.8, 4) is 22.3 Å². The van der Waals surface area contributed by atoms with Gasteiger partial charge in [-0.05, 0) is 47.3 Å². The van der Waals surface area contributed by atoms with E-state index in [1.165, 1.54) is 0 Å². The van der Waals surface area contributed by atoms with Gasteiger partial charge in [0, 0.05) is 6.20 Å². The molecule has 0 atom stereocenters. The number of rotatable bonds is 4. The van der Waals surface area contributed by atoms with E-state index in [9.17, 15) is 0 Å². The molecule has 0 unspecified atom stereocenters. The van der Waals surface area contributed by atoms with Crippen LogP contribution in [0, 0.1) is 13.8 Å². The fourth-order valence-electron chi connectivity index (χ4n) is 2.34. The van der Waals surface area contributed by atoms with Crippen molar-refractivity contribution in [1.29, 1.82) is 0 Å². The molecule has 0 saturated carbocycles. The molecular weight excluding hydrogens is 392 g/mol. The van der Waals surface area contributed by atoms with E-state index in [1.54, 1.807) is 16.0 Å². The predicted octanol–water partition coefficient (Wildman–Crippen LogP) is 3.74. The van der Waals surface area contributed by atoms with Gasteiger partial charge in [-0.1, -0.05) is 11.2 Å². The molecule has 4 rings (SSSR count). The van der Waals surface area contributed by atoms with Crippen LogP contribution >= 0.6 is 27.3 Å². The maximum Gasteiger partial charge on any atom is 0.278 e. The minimum Gasteiger partial charge on any atom is -0.332 e. The third-order valence-electron chi connectivity index (χ3n) is 3.60. The maximum atomic E-state index is 5.32. The molecule has 122 valence electrons. The van der Waals surface area contributed by atoms with E-state index in [2.05, 4.69) is 36.3 Å². The number of aromatic nitrogens is 6. The summed E-state index contributed by atoms with van der Waals surface area (Å²) in [7, 11) is 0. The second-order valence-corrected chi connectivity index (χ2v) is 7.01. The zero-order valence-corrected chi connectivity index (χ0v) is 15.4. The third-order valence-corrected chi connectivity index (χ3v) is 5.61. The summed E-state index contributed by atoms with van der Waals surface area (Å²) in [6.45, 7) is 4.50. The Morgan fingerprint density at radius 1 is 1.25 bits per heavy atom. The van der Waals surface area contributed by atoms with Crippen molar-refractivity contribution in [2.45, 2.75) is 20.5 Å². The Kier molecular flexibility index (Phi) is 3.81. The van der Waals surface area contributed by atoms with Crippen LogP contribution in [0.1, 0.15) is 11.4 Å². The lowest BCUT2D eigenvalue weighted by atomic mass is 10.4. The molecule has 4 aromatic heterocycles. The highest BCUT2D eigenvalue weighted by molar-refractivity contribution is 9.10. The Morgan fingerprint density at radius 3 is 2.83 bits per heavy atom. The topological polar surface area (TPSA) is 74.6 Å². The molecule has 0 radical (unpaired) electrons. The number of hydrogen-bond acceptors (Lipinski definition) is 6. The Balaban J connectivity index is 1.58. The van der Waals surface area contributed by atoms with Gasteiger partial charge in [-0.3, -0.25) is 4.68 Å². The lowest BCUT2D eigenvalue weighted by Crippen LogP contribution is -2.11. The molecule has 0 amide bonds. The lowest BCUT2D eigenvalue weighted by Gasteiger charge is -2.04. The van der Waals surface area contributed by atoms with Crippen LogP contribution in [0.4, 0.5) is 0 Å². The highest BCUT2D eigenvalue weighted by Crippen LogP contribution is 2.24. The van der Waals surface area contributed by atoms with Gasteiger partial charge in [-0.15, -0.1) is 11.3 Å². The fourth-order valence-corrected chi connectivity index (χ4v) is 3.27. The number of hydrogen-bond donors (Lipinski definition) is 0. The van der Waals surface area contributed by atoms with Crippen LogP contribution in [0.15, 0.2) is 38.8 Å². The van der Waals surface area contributed by atoms with E-state index in [1.807, 2.05) is 48.3 Å². The average Bonchev–Trinajstić information content (AvgIpc) is 3.33. The van der Waals surface area contributed by atoms with Gasteiger partial charge in [0.2, 0.25) is 5.82 Å². The Bertz CT molecular complexity index is 984. The van der Waals surface area contributed by atoms with E-state index >= 15 is 0 Å². The zero-order chi connectivity index (χ0) is 16.7. The van der Waals surface area contributed by atoms with Gasteiger partial charge in [0.05, 0.1) is 20.7 Å². The Hall–Kier alpha value is -2.26. The van der Waals surface area contributed by atoms with Crippen molar-refractivity contribution < 1.29 is 4.52 Å². The standard InChI is InChI=1S/C15H13BrN6OS/c1-9-13(16)10(2)22(18-9)8-21-6-5-11(19-21)15-17-14(20-23-15)12-4-3-7-24-12/h3-7H,8H2,1-2H3. The highest BCUT2D eigenvalue weighted by Gasteiger charge is 2.14. The van der Waals surface area contributed by atoms with E-state index < -0.39 is 0 Å². The number of halogens is 1. The molecule has 0 spiro atoms. The summed E-state index contributed by atoms with van der Waals surface area (Å²) in [5.41, 5.74) is 2.66. The quantitative estimate of drug-likeness (QED) is 0.517. The molecule has 0 aliphatic carbocycles. The number of thiophene rings is 1. The number of aryl methyl sites for hydroxylation is 1. The second kappa shape index (κ2) is 5.99. The second-order valence-electron chi connectivity index (χ2n) is 5.27. The smallest absolute Gasteiger partial charge is 0.278 e. The summed E-state index contributed by atoms with van der Waals surface area (Å²) >= 11 is 5.10. The first-order valence-corrected chi connectivity index (χ1v) is 8.90. The van der Waals surface area contributed by atoms with Crippen LogP contribution in [-0.2, 0) is 6.67 Å². The van der Waals surface area contributed by atoms with Crippen LogP contribution in [-0.4, -0.2) is 29.7 Å². The van der Waals surface area contributed by atoms with Gasteiger partial charge in [0.1, 0.15) is 6.67 Å². The van der Waals surface area contributed by atoms with Crippen molar-refractivity contribution in [2.24, 2.45) is 0 Å². The van der Waals surface area contributed by atoms with Gasteiger partial charge < -0.3 is 4.52 Å². The van der Waals surface area contributed by atoms with Gasteiger partial charge in [-0.25, -0.2) is 4.68 Å². The van der Waals surface area contributed by atoms with Crippen LogP contribution < -0.4 is 0 Å². The molecule has 4 aromatic rings. The molecule has 9 heteroatoms. The molecular formula is C15H13BrN6OS. The van der Waals surface area contributed by atoms with E-state index in [0.717, 1.165) is 20.7 Å². The summed E-state index contributed by atoms with van der Waals surface area (Å²) in [5.74, 6) is 0.990. The fraction of sp³-hybridized carbons (Fsp3) is 0.200. The molecule has 0 N–H and O–H groups in total. The lowest BCUT2D eigenvalue weighted by molar-refractivity contribution is 0.428. The van der Waals surface area contributed by atoms with Crippen LogP contribution in [0.25, 0.3) is 22.3 Å². The van der Waals surface area contributed by atoms with Crippen molar-refractivity contribution in [2.75, 3.05) is 0 Å². The molecule has 0 saturated heterocycles. The molecule has 4 heterocycles. The zero-order valence-electron chi connectivity index (χ0n) is 13.0. The molecule has 0 fully saturated rings. The maximum absolute atomic E-state index is 5.32. The van der Waals surface area contributed by atoms with Gasteiger partial charge in [0.25, 0.3) is 5.89 Å². The van der Waals surface area contributed by atoms with E-state index in [0.29, 0.717) is 24.1 Å². The first kappa shape index (κ1) is 15.3. The largest absolute Gasteiger partial charge is 0.332 e. The molecule has 0 bridgehead atoms. The minimum atomic E-state index is 0.409. The summed E-state index contributed by atoms with van der Waals surface area (Å²) in [5, 5.41) is 15.0. The third kappa shape index (κ3) is 2.69. The monoisotopic (exact) mass is 404 g/mol. The van der Waals surface area contributed by atoms with E-state index in [4.69, 9.17) is 4.52 Å². The van der Waals surface area contributed by atoms with Gasteiger partial charge >= 0.3 is 0 Å². The molecule has 0 aliphatic heterocycles. The molecule has 0 aromatic carbocycles. The van der Waals surface area contributed by atoms with Crippen LogP contribution in [0.3, 0.4) is 0 Å². The van der Waals surface area contributed by atoms with Gasteiger partial charge in [-0.2, -0.15) is 15.2 Å². The number of nitrogens with zero attached hydrogens (tertiary/aromatic N) is 6. The molecule has 24 heavy (non-hydrogen) atoms. The van der Waals surface area contributed by atoms with Crippen molar-refractivity contribution in [3.05, 3.63) is 45.6 Å². The normalized spacial score (nSPS) is 11.3. The minimum absolute atomic E-state index is 0.409. The highest BCUT2D eigenvalue weighted by atomic mass is 79.9. The van der Waals surface area contributed by atoms with Crippen LogP contribution in [0.5, 0.6) is 0 Å². The van der Waals surface area contributed by atoms with Crippen LogP contribution in [0.2, 0.25) is 0 Å². The summed E-state index contributed by atoms with van der Waals surface area (Å²) < 4.78 is 10.0. The summed E-state index contributed by atoms with van der Waals surface area (Å²) in [6, 6.07) is 5.77. The van der Waals surface area contributed by atoms with Gasteiger partial charge in [0.15, 0.2) is 5.69 Å². The molecule has 0 aliphatic rings. The Labute approximate surface area is 150 Å². The van der Waals surface area contributed by atoms with Crippen molar-refractivity contribution in [3.63, 3.8) is 0 Å². The van der Waals surface area contributed by atoms with Crippen molar-refractivity contribution in [1.82, 2.24) is 29.7 Å². The first-order chi connectivity index (χ1) is 11.6.